The average molecular weight is 285 g/mol. The Hall–Kier alpha value is 0.270. The van der Waals surface area contributed by atoms with Crippen molar-refractivity contribution in [1.82, 2.24) is 9.80 Å². The van der Waals surface area contributed by atoms with E-state index in [2.05, 4.69) is 36.4 Å². The number of likely N-dealkylation sites (N-methyl/N-ethyl adjacent to an activating group) is 2. The van der Waals surface area contributed by atoms with Crippen LogP contribution in [-0.2, 0) is 0 Å². The van der Waals surface area contributed by atoms with Gasteiger partial charge in [0, 0.05) is 19.1 Å². The Bertz CT molecular complexity index is 263. The van der Waals surface area contributed by atoms with Gasteiger partial charge in [0.2, 0.25) is 0 Å². The molecule has 0 amide bonds. The minimum Gasteiger partial charge on any atom is -0.304 e. The molecule has 0 radical (unpaired) electrons. The van der Waals surface area contributed by atoms with Crippen LogP contribution in [0.1, 0.15) is 51.9 Å². The lowest BCUT2D eigenvalue weighted by Gasteiger charge is -2.40. The third-order valence-corrected chi connectivity index (χ3v) is 5.95. The monoisotopic (exact) mass is 284 g/mol. The number of hydrogen-bond acceptors (Lipinski definition) is 3. The second kappa shape index (κ2) is 7.33. The van der Waals surface area contributed by atoms with Gasteiger partial charge in [-0.2, -0.15) is 12.6 Å². The minimum absolute atomic E-state index is 0.506. The zero-order valence-electron chi connectivity index (χ0n) is 12.9. The zero-order valence-corrected chi connectivity index (χ0v) is 13.8. The van der Waals surface area contributed by atoms with Crippen LogP contribution in [0.2, 0.25) is 0 Å². The van der Waals surface area contributed by atoms with Crippen molar-refractivity contribution in [3.63, 3.8) is 0 Å². The van der Waals surface area contributed by atoms with Crippen molar-refractivity contribution in [2.45, 2.75) is 57.9 Å². The van der Waals surface area contributed by atoms with Gasteiger partial charge in [-0.25, -0.2) is 0 Å². The summed E-state index contributed by atoms with van der Waals surface area (Å²) >= 11 is 4.67. The SMILES string of the molecule is CCN1CCCC1CN(C)CC1(CS)CCCCC1. The van der Waals surface area contributed by atoms with Gasteiger partial charge in [0.15, 0.2) is 0 Å². The molecule has 1 atom stereocenters. The van der Waals surface area contributed by atoms with E-state index in [9.17, 15) is 0 Å². The van der Waals surface area contributed by atoms with Gasteiger partial charge in [0.05, 0.1) is 0 Å². The molecule has 3 heteroatoms. The fourth-order valence-electron chi connectivity index (χ4n) is 4.18. The molecule has 2 rings (SSSR count). The number of hydrogen-bond donors (Lipinski definition) is 1. The number of rotatable bonds is 6. The first-order chi connectivity index (χ1) is 9.19. The van der Waals surface area contributed by atoms with E-state index in [0.29, 0.717) is 5.41 Å². The summed E-state index contributed by atoms with van der Waals surface area (Å²) in [4.78, 5) is 5.25. The Morgan fingerprint density at radius 3 is 2.58 bits per heavy atom. The first kappa shape index (κ1) is 15.7. The van der Waals surface area contributed by atoms with E-state index in [-0.39, 0.29) is 0 Å². The Kier molecular flexibility index (Phi) is 6.04. The maximum Gasteiger partial charge on any atom is 0.0223 e. The van der Waals surface area contributed by atoms with Crippen molar-refractivity contribution in [3.05, 3.63) is 0 Å². The Labute approximate surface area is 125 Å². The largest absolute Gasteiger partial charge is 0.304 e. The Balaban J connectivity index is 1.83. The van der Waals surface area contributed by atoms with Crippen LogP contribution in [-0.4, -0.2) is 54.8 Å². The molecule has 1 aliphatic carbocycles. The molecule has 1 unspecified atom stereocenters. The van der Waals surface area contributed by atoms with Gasteiger partial charge in [0.1, 0.15) is 0 Å². The second-order valence-electron chi connectivity index (χ2n) is 6.84. The predicted octanol–water partition coefficient (Wildman–Crippen LogP) is 3.28. The van der Waals surface area contributed by atoms with E-state index in [1.807, 2.05) is 0 Å². The first-order valence-corrected chi connectivity index (χ1v) is 8.86. The fraction of sp³-hybridized carbons (Fsp3) is 1.00. The lowest BCUT2D eigenvalue weighted by Crippen LogP contribution is -2.44. The molecule has 0 aromatic heterocycles. The molecule has 2 fully saturated rings. The van der Waals surface area contributed by atoms with Crippen molar-refractivity contribution >= 4 is 12.6 Å². The van der Waals surface area contributed by atoms with Gasteiger partial charge < -0.3 is 4.90 Å². The average Bonchev–Trinajstić information content (AvgIpc) is 2.86. The molecule has 0 aromatic carbocycles. The Morgan fingerprint density at radius 2 is 1.95 bits per heavy atom. The van der Waals surface area contributed by atoms with Gasteiger partial charge >= 0.3 is 0 Å². The van der Waals surface area contributed by atoms with E-state index in [1.165, 1.54) is 71.1 Å². The molecule has 1 aliphatic heterocycles. The summed E-state index contributed by atoms with van der Waals surface area (Å²) in [6.45, 7) is 7.34. The van der Waals surface area contributed by atoms with E-state index in [4.69, 9.17) is 0 Å². The molecule has 1 saturated heterocycles. The summed E-state index contributed by atoms with van der Waals surface area (Å²) in [5, 5.41) is 0. The van der Waals surface area contributed by atoms with Gasteiger partial charge in [-0.1, -0.05) is 26.2 Å². The summed E-state index contributed by atoms with van der Waals surface area (Å²) in [6.07, 6.45) is 9.84. The van der Waals surface area contributed by atoms with Gasteiger partial charge in [-0.05, 0) is 57.0 Å². The highest BCUT2D eigenvalue weighted by molar-refractivity contribution is 7.80. The smallest absolute Gasteiger partial charge is 0.0223 e. The quantitative estimate of drug-likeness (QED) is 0.748. The van der Waals surface area contributed by atoms with Crippen molar-refractivity contribution in [3.8, 4) is 0 Å². The summed E-state index contributed by atoms with van der Waals surface area (Å²) in [5.41, 5.74) is 0.506. The standard InChI is InChI=1S/C16H32N2S/c1-3-18-11-7-8-15(18)12-17(2)13-16(14-19)9-5-4-6-10-16/h15,19H,3-14H2,1-2H3. The van der Waals surface area contributed by atoms with Crippen molar-refractivity contribution in [2.75, 3.05) is 39.0 Å². The normalized spacial score (nSPS) is 28.1. The molecule has 0 spiro atoms. The van der Waals surface area contributed by atoms with Crippen LogP contribution in [0.3, 0.4) is 0 Å². The van der Waals surface area contributed by atoms with Crippen LogP contribution >= 0.6 is 12.6 Å². The van der Waals surface area contributed by atoms with E-state index in [0.717, 1.165) is 11.8 Å². The first-order valence-electron chi connectivity index (χ1n) is 8.22. The molecule has 19 heavy (non-hydrogen) atoms. The molecular formula is C16H32N2S. The third-order valence-electron chi connectivity index (χ3n) is 5.28. The number of nitrogens with zero attached hydrogens (tertiary/aromatic N) is 2. The predicted molar refractivity (Wildman–Crippen MR) is 87.1 cm³/mol. The van der Waals surface area contributed by atoms with Crippen LogP contribution in [0.25, 0.3) is 0 Å². The van der Waals surface area contributed by atoms with Crippen LogP contribution in [0, 0.1) is 5.41 Å². The molecule has 1 heterocycles. The molecule has 0 aromatic rings. The summed E-state index contributed by atoms with van der Waals surface area (Å²) in [7, 11) is 2.33. The summed E-state index contributed by atoms with van der Waals surface area (Å²) < 4.78 is 0. The van der Waals surface area contributed by atoms with Crippen molar-refractivity contribution < 1.29 is 0 Å². The number of likely N-dealkylation sites (tertiary alicyclic amines) is 1. The van der Waals surface area contributed by atoms with Crippen LogP contribution in [0.5, 0.6) is 0 Å². The fourth-order valence-corrected chi connectivity index (χ4v) is 4.60. The molecule has 2 nitrogen and oxygen atoms in total. The van der Waals surface area contributed by atoms with Gasteiger partial charge in [0.25, 0.3) is 0 Å². The minimum atomic E-state index is 0.506. The third kappa shape index (κ3) is 4.12. The second-order valence-corrected chi connectivity index (χ2v) is 7.16. The molecule has 1 saturated carbocycles. The maximum atomic E-state index is 4.67. The van der Waals surface area contributed by atoms with Gasteiger partial charge in [-0.3, -0.25) is 4.90 Å². The van der Waals surface area contributed by atoms with E-state index >= 15 is 0 Å². The number of thiol groups is 1. The molecule has 112 valence electrons. The van der Waals surface area contributed by atoms with E-state index in [1.54, 1.807) is 0 Å². The van der Waals surface area contributed by atoms with Crippen LogP contribution in [0.4, 0.5) is 0 Å². The highest BCUT2D eigenvalue weighted by Gasteiger charge is 2.33. The summed E-state index contributed by atoms with van der Waals surface area (Å²) in [6, 6.07) is 0.801. The topological polar surface area (TPSA) is 6.48 Å². The van der Waals surface area contributed by atoms with Crippen molar-refractivity contribution in [2.24, 2.45) is 5.41 Å². The van der Waals surface area contributed by atoms with Gasteiger partial charge in [-0.15, -0.1) is 0 Å². The van der Waals surface area contributed by atoms with Crippen LogP contribution < -0.4 is 0 Å². The zero-order chi connectivity index (χ0) is 13.7. The highest BCUT2D eigenvalue weighted by Crippen LogP contribution is 2.38. The van der Waals surface area contributed by atoms with Crippen LogP contribution in [0.15, 0.2) is 0 Å². The lowest BCUT2D eigenvalue weighted by molar-refractivity contribution is 0.119. The molecular weight excluding hydrogens is 252 g/mol. The highest BCUT2D eigenvalue weighted by atomic mass is 32.1. The maximum absolute atomic E-state index is 4.67. The van der Waals surface area contributed by atoms with E-state index < -0.39 is 0 Å². The lowest BCUT2D eigenvalue weighted by atomic mass is 9.75. The molecule has 0 bridgehead atoms. The Morgan fingerprint density at radius 1 is 1.21 bits per heavy atom. The summed E-state index contributed by atoms with van der Waals surface area (Å²) in [5.74, 6) is 1.07. The molecule has 0 N–H and O–H groups in total. The molecule has 2 aliphatic rings. The van der Waals surface area contributed by atoms with Crippen molar-refractivity contribution in [1.29, 1.82) is 0 Å².